The largest absolute Gasteiger partial charge is 0.492 e. The second-order valence-electron chi connectivity index (χ2n) is 7.52. The first kappa shape index (κ1) is 21.5. The first-order valence-electron chi connectivity index (χ1n) is 10.5. The van der Waals surface area contributed by atoms with E-state index in [2.05, 4.69) is 15.2 Å². The van der Waals surface area contributed by atoms with Crippen LogP contribution < -0.4 is 10.1 Å². The zero-order valence-corrected chi connectivity index (χ0v) is 18.7. The lowest BCUT2D eigenvalue weighted by Gasteiger charge is -2.26. The highest BCUT2D eigenvalue weighted by molar-refractivity contribution is 7.16. The van der Waals surface area contributed by atoms with Crippen molar-refractivity contribution in [1.29, 1.82) is 0 Å². The lowest BCUT2D eigenvalue weighted by molar-refractivity contribution is 0.0322. The number of rotatable bonds is 7. The molecule has 0 atom stereocenters. The lowest BCUT2D eigenvalue weighted by Crippen LogP contribution is -2.38. The summed E-state index contributed by atoms with van der Waals surface area (Å²) in [4.78, 5) is 20.6. The molecule has 1 saturated heterocycles. The van der Waals surface area contributed by atoms with E-state index in [1.165, 1.54) is 11.3 Å². The minimum atomic E-state index is -0.137. The van der Waals surface area contributed by atoms with E-state index in [0.29, 0.717) is 17.3 Å². The van der Waals surface area contributed by atoms with E-state index >= 15 is 0 Å². The zero-order chi connectivity index (χ0) is 21.6. The quantitative estimate of drug-likeness (QED) is 0.594. The number of ether oxygens (including phenoxy) is 2. The molecule has 0 spiro atoms. The Hall–Kier alpha value is -2.74. The molecule has 162 valence electrons. The Labute approximate surface area is 186 Å². The number of morpholine rings is 1. The summed E-state index contributed by atoms with van der Waals surface area (Å²) in [7, 11) is 0. The van der Waals surface area contributed by atoms with Gasteiger partial charge in [-0.2, -0.15) is 0 Å². The molecule has 0 aliphatic carbocycles. The summed E-state index contributed by atoms with van der Waals surface area (Å²) in [5, 5.41) is 3.53. The molecule has 2 aromatic carbocycles. The van der Waals surface area contributed by atoms with Gasteiger partial charge in [-0.25, -0.2) is 4.98 Å². The predicted octanol–water partition coefficient (Wildman–Crippen LogP) is 4.39. The summed E-state index contributed by atoms with van der Waals surface area (Å²) in [6.07, 6.45) is 0. The normalized spacial score (nSPS) is 14.4. The molecular formula is C24H27N3O3S. The predicted molar refractivity (Wildman–Crippen MR) is 124 cm³/mol. The van der Waals surface area contributed by atoms with Gasteiger partial charge in [0.25, 0.3) is 5.91 Å². The fourth-order valence-electron chi connectivity index (χ4n) is 3.54. The fraction of sp³-hybridized carbons (Fsp3) is 0.333. The van der Waals surface area contributed by atoms with Crippen LogP contribution in [0.25, 0.3) is 11.3 Å². The Kier molecular flexibility index (Phi) is 6.96. The average Bonchev–Trinajstić information content (AvgIpc) is 3.15. The molecular weight excluding hydrogens is 410 g/mol. The highest BCUT2D eigenvalue weighted by Gasteiger charge is 2.15. The Morgan fingerprint density at radius 2 is 1.87 bits per heavy atom. The van der Waals surface area contributed by atoms with E-state index in [-0.39, 0.29) is 5.91 Å². The summed E-state index contributed by atoms with van der Waals surface area (Å²) in [6, 6.07) is 15.5. The molecule has 1 aromatic heterocycles. The molecule has 1 aliphatic rings. The van der Waals surface area contributed by atoms with Crippen molar-refractivity contribution in [2.45, 2.75) is 13.8 Å². The van der Waals surface area contributed by atoms with E-state index < -0.39 is 0 Å². The van der Waals surface area contributed by atoms with Crippen LogP contribution in [0.5, 0.6) is 5.75 Å². The molecule has 1 aliphatic heterocycles. The maximum atomic E-state index is 12.6. The SMILES string of the molecule is Cc1ccccc1C(=O)Nc1nc(-c2ccc(OCCN3CCOCC3)cc2)c(C)s1. The number of nitrogens with zero attached hydrogens (tertiary/aromatic N) is 2. The van der Waals surface area contributed by atoms with Gasteiger partial charge in [0, 0.05) is 35.6 Å². The standard InChI is InChI=1S/C24H27N3O3S/c1-17-5-3-4-6-21(17)23(28)26-24-25-22(18(2)31-24)19-7-9-20(10-8-19)30-16-13-27-11-14-29-15-12-27/h3-10H,11-16H2,1-2H3,(H,25,26,28). The first-order valence-corrected chi connectivity index (χ1v) is 11.3. The number of benzene rings is 2. The maximum Gasteiger partial charge on any atom is 0.257 e. The third-order valence-electron chi connectivity index (χ3n) is 5.31. The number of hydrogen-bond acceptors (Lipinski definition) is 6. The van der Waals surface area contributed by atoms with E-state index in [9.17, 15) is 4.79 Å². The molecule has 1 N–H and O–H groups in total. The van der Waals surface area contributed by atoms with Crippen molar-refractivity contribution in [3.8, 4) is 17.0 Å². The molecule has 31 heavy (non-hydrogen) atoms. The van der Waals surface area contributed by atoms with Crippen LogP contribution in [0.3, 0.4) is 0 Å². The first-order chi connectivity index (χ1) is 15.1. The average molecular weight is 438 g/mol. The molecule has 4 rings (SSSR count). The molecule has 0 bridgehead atoms. The minimum Gasteiger partial charge on any atom is -0.492 e. The second kappa shape index (κ2) is 10.0. The van der Waals surface area contributed by atoms with Gasteiger partial charge in [0.15, 0.2) is 5.13 Å². The van der Waals surface area contributed by atoms with Crippen molar-refractivity contribution in [1.82, 2.24) is 9.88 Å². The summed E-state index contributed by atoms with van der Waals surface area (Å²) in [5.41, 5.74) is 3.49. The molecule has 1 amide bonds. The number of nitrogens with one attached hydrogen (secondary N) is 1. The molecule has 0 saturated carbocycles. The van der Waals surface area contributed by atoms with Crippen LogP contribution in [-0.4, -0.2) is 55.2 Å². The maximum absolute atomic E-state index is 12.6. The van der Waals surface area contributed by atoms with Crippen molar-refractivity contribution in [3.05, 3.63) is 64.5 Å². The van der Waals surface area contributed by atoms with Crippen molar-refractivity contribution < 1.29 is 14.3 Å². The Bertz CT molecular complexity index is 1030. The number of amides is 1. The van der Waals surface area contributed by atoms with Crippen molar-refractivity contribution >= 4 is 22.4 Å². The van der Waals surface area contributed by atoms with Gasteiger partial charge in [-0.15, -0.1) is 11.3 Å². The summed E-state index contributed by atoms with van der Waals surface area (Å²) < 4.78 is 11.3. The summed E-state index contributed by atoms with van der Waals surface area (Å²) >= 11 is 1.48. The van der Waals surface area contributed by atoms with Crippen LogP contribution in [0.2, 0.25) is 0 Å². The van der Waals surface area contributed by atoms with Gasteiger partial charge in [-0.3, -0.25) is 15.0 Å². The number of thiazole rings is 1. The Morgan fingerprint density at radius 1 is 1.13 bits per heavy atom. The number of aryl methyl sites for hydroxylation is 2. The molecule has 0 radical (unpaired) electrons. The van der Waals surface area contributed by atoms with E-state index in [0.717, 1.165) is 60.3 Å². The van der Waals surface area contributed by atoms with Crippen molar-refractivity contribution in [2.24, 2.45) is 0 Å². The van der Waals surface area contributed by atoms with Gasteiger partial charge in [0.05, 0.1) is 18.9 Å². The molecule has 3 aromatic rings. The van der Waals surface area contributed by atoms with Gasteiger partial charge in [-0.1, -0.05) is 18.2 Å². The highest BCUT2D eigenvalue weighted by atomic mass is 32.1. The second-order valence-corrected chi connectivity index (χ2v) is 8.72. The van der Waals surface area contributed by atoms with Gasteiger partial charge in [0.1, 0.15) is 12.4 Å². The van der Waals surface area contributed by atoms with Crippen LogP contribution in [0.15, 0.2) is 48.5 Å². The van der Waals surface area contributed by atoms with Crippen LogP contribution in [0.4, 0.5) is 5.13 Å². The van der Waals surface area contributed by atoms with Gasteiger partial charge in [-0.05, 0) is 49.7 Å². The van der Waals surface area contributed by atoms with E-state index in [4.69, 9.17) is 9.47 Å². The van der Waals surface area contributed by atoms with Crippen LogP contribution in [0.1, 0.15) is 20.8 Å². The van der Waals surface area contributed by atoms with Crippen LogP contribution >= 0.6 is 11.3 Å². The lowest BCUT2D eigenvalue weighted by atomic mass is 10.1. The van der Waals surface area contributed by atoms with Gasteiger partial charge >= 0.3 is 0 Å². The van der Waals surface area contributed by atoms with Gasteiger partial charge < -0.3 is 9.47 Å². The molecule has 1 fully saturated rings. The number of carbonyl (C=O) groups is 1. The topological polar surface area (TPSA) is 63.7 Å². The Morgan fingerprint density at radius 3 is 2.61 bits per heavy atom. The summed E-state index contributed by atoms with van der Waals surface area (Å²) in [6.45, 7) is 9.04. The summed E-state index contributed by atoms with van der Waals surface area (Å²) in [5.74, 6) is 0.709. The molecule has 6 nitrogen and oxygen atoms in total. The Balaban J connectivity index is 1.36. The number of aromatic nitrogens is 1. The smallest absolute Gasteiger partial charge is 0.257 e. The third-order valence-corrected chi connectivity index (χ3v) is 6.20. The van der Waals surface area contributed by atoms with Crippen molar-refractivity contribution in [3.63, 3.8) is 0 Å². The molecule has 7 heteroatoms. The zero-order valence-electron chi connectivity index (χ0n) is 17.9. The third kappa shape index (κ3) is 5.50. The van der Waals surface area contributed by atoms with Crippen molar-refractivity contribution in [2.75, 3.05) is 44.8 Å². The minimum absolute atomic E-state index is 0.137. The van der Waals surface area contributed by atoms with Crippen LogP contribution in [-0.2, 0) is 4.74 Å². The monoisotopic (exact) mass is 437 g/mol. The number of hydrogen-bond donors (Lipinski definition) is 1. The van der Waals surface area contributed by atoms with Crippen LogP contribution in [0, 0.1) is 13.8 Å². The number of carbonyl (C=O) groups excluding carboxylic acids is 1. The van der Waals surface area contributed by atoms with Gasteiger partial charge in [0.2, 0.25) is 0 Å². The number of anilines is 1. The highest BCUT2D eigenvalue weighted by Crippen LogP contribution is 2.31. The van der Waals surface area contributed by atoms with E-state index in [1.54, 1.807) is 0 Å². The fourth-order valence-corrected chi connectivity index (χ4v) is 4.37. The van der Waals surface area contributed by atoms with E-state index in [1.807, 2.05) is 62.4 Å². The molecule has 2 heterocycles. The molecule has 0 unspecified atom stereocenters.